The monoisotopic (exact) mass is 104 g/mol. The predicted octanol–water partition coefficient (Wildman–Crippen LogP) is -1.45. The highest BCUT2D eigenvalue weighted by Crippen LogP contribution is 1.50. The van der Waals surface area contributed by atoms with E-state index in [1.54, 1.807) is 24.2 Å². The van der Waals surface area contributed by atoms with Crippen molar-refractivity contribution in [1.29, 1.82) is 0 Å². The van der Waals surface area contributed by atoms with Crippen LogP contribution in [0.4, 0.5) is 0 Å². The maximum atomic E-state index is 8.05. The Morgan fingerprint density at radius 1 is 1.71 bits per heavy atom. The lowest BCUT2D eigenvalue weighted by Crippen LogP contribution is -2.35. The van der Waals surface area contributed by atoms with Gasteiger partial charge in [-0.05, 0) is 0 Å². The van der Waals surface area contributed by atoms with Gasteiger partial charge < -0.3 is 0 Å². The van der Waals surface area contributed by atoms with Crippen LogP contribution in [0.15, 0.2) is 0 Å². The van der Waals surface area contributed by atoms with Gasteiger partial charge in [0.1, 0.15) is 0 Å². The molecule has 4 heteroatoms. The molecular weight excluding hydrogens is 94.1 g/mol. The Bertz CT molecular complexity index is 84.2. The van der Waals surface area contributed by atoms with Crippen molar-refractivity contribution in [1.82, 2.24) is 5.48 Å². The third-order valence-corrected chi connectivity index (χ3v) is 0.596. The molecule has 0 aromatic heterocycles. The summed E-state index contributed by atoms with van der Waals surface area (Å²) in [6.45, 7) is 0. The SMILES string of the molecule is C[N+](C)=C(N)NO. The summed E-state index contributed by atoms with van der Waals surface area (Å²) in [7, 11) is 3.44. The molecule has 0 aromatic rings. The topological polar surface area (TPSA) is 61.3 Å². The summed E-state index contributed by atoms with van der Waals surface area (Å²) in [5.41, 5.74) is 6.88. The lowest BCUT2D eigenvalue weighted by molar-refractivity contribution is -0.469. The standard InChI is InChI=1S/C3H9N3O/c1-6(2)3(4)5-7/h1-2H3,(H3,4,5,7)/p+1. The van der Waals surface area contributed by atoms with Gasteiger partial charge in [0, 0.05) is 0 Å². The van der Waals surface area contributed by atoms with Crippen LogP contribution in [0.2, 0.25) is 0 Å². The highest BCUT2D eigenvalue weighted by molar-refractivity contribution is 5.70. The van der Waals surface area contributed by atoms with Crippen LogP contribution in [0.5, 0.6) is 0 Å². The fourth-order valence-corrected chi connectivity index (χ4v) is 0.100. The molecule has 4 N–H and O–H groups in total. The van der Waals surface area contributed by atoms with E-state index < -0.39 is 0 Å². The van der Waals surface area contributed by atoms with Crippen molar-refractivity contribution in [2.75, 3.05) is 14.1 Å². The maximum absolute atomic E-state index is 8.05. The first-order valence-corrected chi connectivity index (χ1v) is 1.88. The Kier molecular flexibility index (Phi) is 2.15. The minimum atomic E-state index is 0.236. The summed E-state index contributed by atoms with van der Waals surface area (Å²) in [5, 5.41) is 8.05. The highest BCUT2D eigenvalue weighted by atomic mass is 16.5. The Hall–Kier alpha value is -0.770. The number of rotatable bonds is 0. The molecule has 0 unspecified atom stereocenters. The fraction of sp³-hybridized carbons (Fsp3) is 0.667. The first-order valence-electron chi connectivity index (χ1n) is 1.88. The van der Waals surface area contributed by atoms with Gasteiger partial charge in [-0.2, -0.15) is 0 Å². The molecule has 0 amide bonds. The van der Waals surface area contributed by atoms with Crippen molar-refractivity contribution in [2.45, 2.75) is 0 Å². The molecule has 0 spiro atoms. The number of hydrogen-bond acceptors (Lipinski definition) is 1. The van der Waals surface area contributed by atoms with E-state index in [1.807, 2.05) is 0 Å². The van der Waals surface area contributed by atoms with Crippen LogP contribution in [0, 0.1) is 0 Å². The van der Waals surface area contributed by atoms with Crippen LogP contribution in [0.3, 0.4) is 0 Å². The summed E-state index contributed by atoms with van der Waals surface area (Å²) < 4.78 is 1.56. The smallest absolute Gasteiger partial charge is 0.289 e. The van der Waals surface area contributed by atoms with Crippen LogP contribution in [-0.4, -0.2) is 29.8 Å². The zero-order chi connectivity index (χ0) is 5.86. The molecule has 4 nitrogen and oxygen atoms in total. The molecular formula is C3H10N3O+. The Morgan fingerprint density at radius 3 is 2.14 bits per heavy atom. The first-order chi connectivity index (χ1) is 3.18. The highest BCUT2D eigenvalue weighted by Gasteiger charge is 1.91. The summed E-state index contributed by atoms with van der Waals surface area (Å²) in [6.07, 6.45) is 0. The summed E-state index contributed by atoms with van der Waals surface area (Å²) in [6, 6.07) is 0. The number of nitrogens with one attached hydrogen (secondary N) is 1. The number of guanidine groups is 1. The van der Waals surface area contributed by atoms with Gasteiger partial charge in [0.2, 0.25) is 0 Å². The Balaban J connectivity index is 3.72. The minimum Gasteiger partial charge on any atom is -0.289 e. The quantitative estimate of drug-likeness (QED) is 0.152. The van der Waals surface area contributed by atoms with Gasteiger partial charge in [-0.1, -0.05) is 0 Å². The predicted molar refractivity (Wildman–Crippen MR) is 26.2 cm³/mol. The maximum Gasteiger partial charge on any atom is 0.371 e. The number of nitrogens with two attached hydrogens (primary N) is 1. The zero-order valence-corrected chi connectivity index (χ0v) is 4.47. The summed E-state index contributed by atoms with van der Waals surface area (Å²) >= 11 is 0. The van der Waals surface area contributed by atoms with Crippen LogP contribution >= 0.6 is 0 Å². The fourth-order valence-electron chi connectivity index (χ4n) is 0.100. The third-order valence-electron chi connectivity index (χ3n) is 0.596. The normalized spacial score (nSPS) is 7.86. The molecule has 0 fully saturated rings. The van der Waals surface area contributed by atoms with Crippen molar-refractivity contribution in [3.63, 3.8) is 0 Å². The molecule has 0 bridgehead atoms. The molecule has 42 valence electrons. The van der Waals surface area contributed by atoms with Crippen LogP contribution in [0.1, 0.15) is 0 Å². The molecule has 0 radical (unpaired) electrons. The van der Waals surface area contributed by atoms with Crippen molar-refractivity contribution >= 4 is 5.96 Å². The Morgan fingerprint density at radius 2 is 2.14 bits per heavy atom. The number of hydrogen-bond donors (Lipinski definition) is 3. The molecule has 0 rings (SSSR count). The van der Waals surface area contributed by atoms with Gasteiger partial charge in [-0.3, -0.25) is 10.3 Å². The molecule has 0 atom stereocenters. The summed E-state index contributed by atoms with van der Waals surface area (Å²) in [5.74, 6) is 0.236. The summed E-state index contributed by atoms with van der Waals surface area (Å²) in [4.78, 5) is 0. The molecule has 0 aliphatic rings. The van der Waals surface area contributed by atoms with Crippen LogP contribution in [0.25, 0.3) is 0 Å². The number of nitrogens with zero attached hydrogens (tertiary/aromatic N) is 1. The molecule has 0 saturated heterocycles. The number of hydroxylamine groups is 1. The largest absolute Gasteiger partial charge is 0.371 e. The first kappa shape index (κ1) is 6.23. The van der Waals surface area contributed by atoms with Gasteiger partial charge in [-0.25, -0.2) is 5.21 Å². The van der Waals surface area contributed by atoms with E-state index in [0.717, 1.165) is 0 Å². The van der Waals surface area contributed by atoms with Gasteiger partial charge in [0.05, 0.1) is 14.1 Å². The Labute approximate surface area is 42.2 Å². The van der Waals surface area contributed by atoms with E-state index in [2.05, 4.69) is 0 Å². The lowest BCUT2D eigenvalue weighted by Gasteiger charge is -1.91. The lowest BCUT2D eigenvalue weighted by atomic mass is 10.9. The van der Waals surface area contributed by atoms with Gasteiger partial charge in [0.15, 0.2) is 0 Å². The van der Waals surface area contributed by atoms with Gasteiger partial charge in [-0.15, -0.1) is 5.48 Å². The van der Waals surface area contributed by atoms with E-state index in [1.165, 1.54) is 0 Å². The van der Waals surface area contributed by atoms with E-state index in [-0.39, 0.29) is 5.96 Å². The van der Waals surface area contributed by atoms with Crippen molar-refractivity contribution in [3.8, 4) is 0 Å². The van der Waals surface area contributed by atoms with Crippen molar-refractivity contribution in [2.24, 2.45) is 5.73 Å². The third kappa shape index (κ3) is 1.99. The van der Waals surface area contributed by atoms with E-state index in [9.17, 15) is 0 Å². The second kappa shape index (κ2) is 2.41. The van der Waals surface area contributed by atoms with Crippen LogP contribution in [-0.2, 0) is 0 Å². The van der Waals surface area contributed by atoms with Gasteiger partial charge >= 0.3 is 5.96 Å². The second-order valence-corrected chi connectivity index (χ2v) is 1.39. The molecule has 0 aliphatic heterocycles. The minimum absolute atomic E-state index is 0.236. The molecule has 7 heavy (non-hydrogen) atoms. The second-order valence-electron chi connectivity index (χ2n) is 1.39. The molecule has 0 heterocycles. The molecule has 0 saturated carbocycles. The van der Waals surface area contributed by atoms with E-state index in [4.69, 9.17) is 10.9 Å². The van der Waals surface area contributed by atoms with E-state index >= 15 is 0 Å². The van der Waals surface area contributed by atoms with Crippen molar-refractivity contribution < 1.29 is 9.78 Å². The molecule has 0 aromatic carbocycles. The zero-order valence-electron chi connectivity index (χ0n) is 4.47. The van der Waals surface area contributed by atoms with Crippen LogP contribution < -0.4 is 11.2 Å². The van der Waals surface area contributed by atoms with E-state index in [0.29, 0.717) is 0 Å². The van der Waals surface area contributed by atoms with Gasteiger partial charge in [0.25, 0.3) is 0 Å². The van der Waals surface area contributed by atoms with Crippen molar-refractivity contribution in [3.05, 3.63) is 0 Å². The molecule has 0 aliphatic carbocycles. The average Bonchev–Trinajstić information content (AvgIpc) is 1.65. The average molecular weight is 104 g/mol.